The number of carbonyl (C=O) groups is 3. The number of unbranched alkanes of at least 4 members (excludes halogenated alkanes) is 2. The third-order valence-corrected chi connectivity index (χ3v) is 12.1. The van der Waals surface area contributed by atoms with Crippen LogP contribution in [0.2, 0.25) is 0 Å². The zero-order valence-electron chi connectivity index (χ0n) is 24.5. The van der Waals surface area contributed by atoms with Crippen molar-refractivity contribution in [3.8, 4) is 0 Å². The van der Waals surface area contributed by atoms with Gasteiger partial charge in [0, 0.05) is 35.4 Å². The Hall–Kier alpha value is -2.10. The molecule has 1 N–H and O–H groups in total. The van der Waals surface area contributed by atoms with E-state index in [1.807, 2.05) is 49.1 Å². The highest BCUT2D eigenvalue weighted by Gasteiger charge is 2.76. The number of benzene rings is 1. The van der Waals surface area contributed by atoms with Gasteiger partial charge in [0.05, 0.1) is 29.2 Å². The monoisotopic (exact) mass is 645 g/mol. The van der Waals surface area contributed by atoms with Crippen LogP contribution >= 0.6 is 27.7 Å². The first-order valence-corrected chi connectivity index (χ1v) is 16.6. The van der Waals surface area contributed by atoms with Gasteiger partial charge >= 0.3 is 0 Å². The van der Waals surface area contributed by atoms with Crippen molar-refractivity contribution in [2.45, 2.75) is 73.4 Å². The second-order valence-electron chi connectivity index (χ2n) is 11.8. The molecule has 7 atom stereocenters. The summed E-state index contributed by atoms with van der Waals surface area (Å²) in [4.78, 5) is 48.7. The maximum atomic E-state index is 14.6. The van der Waals surface area contributed by atoms with Crippen molar-refractivity contribution in [1.29, 1.82) is 0 Å². The van der Waals surface area contributed by atoms with Crippen LogP contribution in [0.15, 0.2) is 55.6 Å². The quantitative estimate of drug-likeness (QED) is 0.177. The molecule has 0 aliphatic carbocycles. The third kappa shape index (κ3) is 5.66. The number of alkyl halides is 1. The molecule has 3 unspecified atom stereocenters. The molecule has 9 heteroatoms. The van der Waals surface area contributed by atoms with E-state index in [-0.39, 0.29) is 40.3 Å². The number of aliphatic hydroxyl groups is 1. The van der Waals surface area contributed by atoms with E-state index in [9.17, 15) is 19.5 Å². The van der Waals surface area contributed by atoms with Crippen LogP contribution in [0.5, 0.6) is 0 Å². The molecule has 3 saturated heterocycles. The van der Waals surface area contributed by atoms with Crippen molar-refractivity contribution < 1.29 is 19.5 Å². The Bertz CT molecular complexity index is 1130. The van der Waals surface area contributed by atoms with Gasteiger partial charge in [-0.3, -0.25) is 14.4 Å². The van der Waals surface area contributed by atoms with E-state index in [4.69, 9.17) is 0 Å². The van der Waals surface area contributed by atoms with Gasteiger partial charge in [-0.05, 0) is 30.9 Å². The number of hydrogen-bond acceptors (Lipinski definition) is 5. The summed E-state index contributed by atoms with van der Waals surface area (Å²) in [5, 5.41) is 10.4. The molecule has 0 saturated carbocycles. The fourth-order valence-corrected chi connectivity index (χ4v) is 10.6. The fraction of sp³-hybridized carbons (Fsp3) is 0.594. The van der Waals surface area contributed by atoms with Gasteiger partial charge in [0.2, 0.25) is 17.7 Å². The summed E-state index contributed by atoms with van der Waals surface area (Å²) in [5.74, 6) is -1.75. The lowest BCUT2D eigenvalue weighted by Crippen LogP contribution is -2.58. The first-order chi connectivity index (χ1) is 19.7. The molecule has 3 amide bonds. The molecule has 3 heterocycles. The summed E-state index contributed by atoms with van der Waals surface area (Å²) in [6.45, 7) is 14.9. The number of carbonyl (C=O) groups excluding carboxylic acids is 3. The number of halogens is 1. The van der Waals surface area contributed by atoms with Crippen LogP contribution in [0, 0.1) is 17.8 Å². The van der Waals surface area contributed by atoms with Gasteiger partial charge in [0.15, 0.2) is 0 Å². The summed E-state index contributed by atoms with van der Waals surface area (Å²) < 4.78 is -0.768. The molecule has 1 aromatic carbocycles. The van der Waals surface area contributed by atoms with Gasteiger partial charge in [-0.2, -0.15) is 0 Å². The Morgan fingerprint density at radius 3 is 2.44 bits per heavy atom. The van der Waals surface area contributed by atoms with Crippen molar-refractivity contribution in [3.05, 3.63) is 55.6 Å². The number of fused-ring (bicyclic) bond motifs is 1. The van der Waals surface area contributed by atoms with Crippen molar-refractivity contribution in [3.63, 3.8) is 0 Å². The number of nitrogens with zero attached hydrogens (tertiary/aromatic N) is 3. The van der Waals surface area contributed by atoms with Gasteiger partial charge in [0.1, 0.15) is 6.04 Å². The predicted octanol–water partition coefficient (Wildman–Crippen LogP) is 4.89. The van der Waals surface area contributed by atoms with Gasteiger partial charge in [-0.25, -0.2) is 0 Å². The number of para-hydroxylation sites is 1. The van der Waals surface area contributed by atoms with Crippen LogP contribution < -0.4 is 4.90 Å². The third-order valence-electron chi connectivity index (χ3n) is 8.90. The average molecular weight is 647 g/mol. The normalized spacial score (nSPS) is 29.0. The molecule has 224 valence electrons. The highest BCUT2D eigenvalue weighted by molar-refractivity contribution is 9.09. The first kappa shape index (κ1) is 31.8. The molecule has 1 spiro atoms. The predicted molar refractivity (Wildman–Crippen MR) is 170 cm³/mol. The molecule has 0 aromatic heterocycles. The lowest BCUT2D eigenvalue weighted by molar-refractivity contribution is -0.146. The first-order valence-electron chi connectivity index (χ1n) is 14.8. The Morgan fingerprint density at radius 1 is 1.17 bits per heavy atom. The molecule has 3 aliphatic heterocycles. The number of thioether (sulfide) groups is 1. The summed E-state index contributed by atoms with van der Waals surface area (Å²) >= 11 is 5.50. The highest BCUT2D eigenvalue weighted by atomic mass is 79.9. The number of hydrogen-bond donors (Lipinski definition) is 1. The number of anilines is 1. The Kier molecular flexibility index (Phi) is 10.5. The Balaban J connectivity index is 1.80. The van der Waals surface area contributed by atoms with Gasteiger partial charge in [-0.15, -0.1) is 24.9 Å². The number of rotatable bonds is 14. The lowest BCUT2D eigenvalue weighted by Gasteiger charge is -2.41. The van der Waals surface area contributed by atoms with E-state index >= 15 is 0 Å². The van der Waals surface area contributed by atoms with E-state index in [0.717, 1.165) is 24.9 Å². The second-order valence-corrected chi connectivity index (χ2v) is 14.5. The van der Waals surface area contributed by atoms with Crippen molar-refractivity contribution in [2.24, 2.45) is 17.8 Å². The van der Waals surface area contributed by atoms with Crippen LogP contribution in [0.3, 0.4) is 0 Å². The molecule has 3 aliphatic rings. The van der Waals surface area contributed by atoms with E-state index in [1.54, 1.807) is 33.7 Å². The van der Waals surface area contributed by atoms with Crippen LogP contribution in [0.1, 0.15) is 46.5 Å². The SMILES string of the molecule is C=CCN(CCCCC)C(=O)C1N([C@@H](CO)C(C)C)C(=O)[C@@H]2[C@H](C(=O)N(CC=C)c3ccccc3)[C@H]3SC12CC3Br. The smallest absolute Gasteiger partial charge is 0.247 e. The number of likely N-dealkylation sites (tertiary alicyclic amines) is 1. The minimum absolute atomic E-state index is 0.0262. The summed E-state index contributed by atoms with van der Waals surface area (Å²) in [6.07, 6.45) is 6.94. The molecule has 0 radical (unpaired) electrons. The Morgan fingerprint density at radius 2 is 1.85 bits per heavy atom. The van der Waals surface area contributed by atoms with Crippen LogP contribution in [-0.2, 0) is 14.4 Å². The summed E-state index contributed by atoms with van der Waals surface area (Å²) in [6, 6.07) is 8.17. The second kappa shape index (κ2) is 13.5. The van der Waals surface area contributed by atoms with E-state index in [0.29, 0.717) is 26.1 Å². The molecule has 1 aromatic rings. The van der Waals surface area contributed by atoms with Crippen molar-refractivity contribution in [2.75, 3.05) is 31.1 Å². The summed E-state index contributed by atoms with van der Waals surface area (Å²) in [7, 11) is 0. The van der Waals surface area contributed by atoms with Crippen LogP contribution in [-0.4, -0.2) is 85.8 Å². The van der Waals surface area contributed by atoms with Gasteiger partial charge < -0.3 is 19.8 Å². The minimum Gasteiger partial charge on any atom is -0.394 e. The highest BCUT2D eigenvalue weighted by Crippen LogP contribution is 2.68. The van der Waals surface area contributed by atoms with Gasteiger partial charge in [0.25, 0.3) is 0 Å². The topological polar surface area (TPSA) is 81.2 Å². The number of amides is 3. The van der Waals surface area contributed by atoms with Crippen molar-refractivity contribution >= 4 is 51.1 Å². The fourth-order valence-electron chi connectivity index (χ4n) is 7.02. The van der Waals surface area contributed by atoms with E-state index in [1.165, 1.54) is 0 Å². The largest absolute Gasteiger partial charge is 0.394 e. The summed E-state index contributed by atoms with van der Waals surface area (Å²) in [5.41, 5.74) is 0.753. The van der Waals surface area contributed by atoms with Crippen LogP contribution in [0.25, 0.3) is 0 Å². The lowest BCUT2D eigenvalue weighted by atomic mass is 9.70. The van der Waals surface area contributed by atoms with Crippen LogP contribution in [0.4, 0.5) is 5.69 Å². The molecule has 4 rings (SSSR count). The van der Waals surface area contributed by atoms with E-state index in [2.05, 4.69) is 36.0 Å². The molecule has 41 heavy (non-hydrogen) atoms. The molecule has 7 nitrogen and oxygen atoms in total. The molecule has 2 bridgehead atoms. The molecule has 3 fully saturated rings. The zero-order chi connectivity index (χ0) is 29.9. The Labute approximate surface area is 257 Å². The maximum absolute atomic E-state index is 14.6. The molecular weight excluding hydrogens is 602 g/mol. The number of aliphatic hydroxyl groups excluding tert-OH is 1. The maximum Gasteiger partial charge on any atom is 0.247 e. The van der Waals surface area contributed by atoms with Gasteiger partial charge in [-0.1, -0.05) is 79.9 Å². The standard InChI is InChI=1S/C32H44BrN3O4S/c1-6-9-13-18-34(16-7-2)31(40)28-32-19-23(33)27(41-32)25(26(32)30(39)36(28)24(20-37)21(4)5)29(38)35(17-8-3)22-14-11-10-12-15-22/h7-8,10-12,14-15,21,23-28,37H,2-3,6,9,13,16-20H2,1,4-5H3/t23?,24-,25-,26-,27-,28?,32?/m0/s1. The zero-order valence-corrected chi connectivity index (χ0v) is 26.9. The molecular formula is C32H44BrN3O4S. The average Bonchev–Trinajstić information content (AvgIpc) is 3.55. The van der Waals surface area contributed by atoms with E-state index < -0.39 is 28.7 Å². The van der Waals surface area contributed by atoms with Crippen molar-refractivity contribution in [1.82, 2.24) is 9.80 Å². The minimum atomic E-state index is -0.768.